The van der Waals surface area contributed by atoms with Gasteiger partial charge >= 0.3 is 0 Å². The Labute approximate surface area is 161 Å². The molecule has 0 bridgehead atoms. The molecule has 0 aliphatic rings. The second kappa shape index (κ2) is 11.1. The van der Waals surface area contributed by atoms with E-state index < -0.39 is 0 Å². The molecule has 6 heteroatoms. The molecule has 0 heterocycles. The van der Waals surface area contributed by atoms with Crippen LogP contribution in [0.1, 0.15) is 16.7 Å². The average molecular weight is 371 g/mol. The molecular weight excluding hydrogens is 342 g/mol. The molecule has 27 heavy (non-hydrogen) atoms. The van der Waals surface area contributed by atoms with Crippen LogP contribution in [-0.2, 0) is 24.3 Å². The predicted molar refractivity (Wildman–Crippen MR) is 109 cm³/mol. The lowest BCUT2D eigenvalue weighted by atomic mass is 10.1. The van der Waals surface area contributed by atoms with Crippen molar-refractivity contribution in [1.29, 1.82) is 0 Å². The Kier molecular flexibility index (Phi) is 8.45. The number of guanidine groups is 1. The normalized spacial score (nSPS) is 11.2. The summed E-state index contributed by atoms with van der Waals surface area (Å²) in [5.74, 6) is 2.25. The fourth-order valence-electron chi connectivity index (χ4n) is 2.79. The van der Waals surface area contributed by atoms with E-state index in [0.717, 1.165) is 30.4 Å². The molecule has 0 fully saturated rings. The Morgan fingerprint density at radius 2 is 1.67 bits per heavy atom. The molecule has 0 saturated carbocycles. The molecular formula is C21H29N3O3. The number of ether oxygens (including phenoxy) is 3. The van der Waals surface area contributed by atoms with Crippen molar-refractivity contribution < 1.29 is 14.2 Å². The summed E-state index contributed by atoms with van der Waals surface area (Å²) in [6, 6.07) is 14.2. The van der Waals surface area contributed by atoms with E-state index in [0.29, 0.717) is 13.2 Å². The zero-order chi connectivity index (χ0) is 19.5. The Balaban J connectivity index is 1.86. The third-order valence-electron chi connectivity index (χ3n) is 4.24. The van der Waals surface area contributed by atoms with Gasteiger partial charge in [0.05, 0.1) is 20.8 Å². The van der Waals surface area contributed by atoms with Crippen LogP contribution in [0.25, 0.3) is 0 Å². The van der Waals surface area contributed by atoms with E-state index in [1.165, 1.54) is 16.7 Å². The van der Waals surface area contributed by atoms with Crippen molar-refractivity contribution in [3.05, 3.63) is 59.2 Å². The van der Waals surface area contributed by atoms with Gasteiger partial charge in [-0.3, -0.25) is 4.99 Å². The largest absolute Gasteiger partial charge is 0.493 e. The van der Waals surface area contributed by atoms with Crippen molar-refractivity contribution in [1.82, 2.24) is 10.6 Å². The van der Waals surface area contributed by atoms with Crippen LogP contribution in [0.5, 0.6) is 11.5 Å². The third-order valence-corrected chi connectivity index (χ3v) is 4.24. The molecule has 0 aliphatic heterocycles. The summed E-state index contributed by atoms with van der Waals surface area (Å²) in [5, 5.41) is 6.69. The Morgan fingerprint density at radius 1 is 0.926 bits per heavy atom. The second-order valence-corrected chi connectivity index (χ2v) is 5.99. The number of aliphatic imine (C=N–C) groups is 1. The van der Waals surface area contributed by atoms with Crippen LogP contribution in [0.4, 0.5) is 0 Å². The SMILES string of the molecule is CN=C(NCCc1ccc(OC)c(OC)c1)NCc1ccccc1COC. The van der Waals surface area contributed by atoms with Crippen LogP contribution < -0.4 is 20.1 Å². The molecule has 2 aromatic rings. The highest BCUT2D eigenvalue weighted by Crippen LogP contribution is 2.27. The van der Waals surface area contributed by atoms with Crippen LogP contribution >= 0.6 is 0 Å². The van der Waals surface area contributed by atoms with Crippen molar-refractivity contribution in [2.75, 3.05) is 34.9 Å². The number of rotatable bonds is 9. The first-order valence-electron chi connectivity index (χ1n) is 8.93. The predicted octanol–water partition coefficient (Wildman–Crippen LogP) is 2.76. The second-order valence-electron chi connectivity index (χ2n) is 5.99. The molecule has 0 saturated heterocycles. The van der Waals surface area contributed by atoms with Crippen LogP contribution in [0.3, 0.4) is 0 Å². The summed E-state index contributed by atoms with van der Waals surface area (Å²) in [7, 11) is 6.76. The van der Waals surface area contributed by atoms with Gasteiger partial charge in [-0.2, -0.15) is 0 Å². The highest BCUT2D eigenvalue weighted by molar-refractivity contribution is 5.79. The number of hydrogen-bond donors (Lipinski definition) is 2. The van der Waals surface area contributed by atoms with Crippen molar-refractivity contribution in [3.63, 3.8) is 0 Å². The van der Waals surface area contributed by atoms with Crippen LogP contribution in [-0.4, -0.2) is 40.9 Å². The average Bonchev–Trinajstić information content (AvgIpc) is 2.71. The van der Waals surface area contributed by atoms with Gasteiger partial charge < -0.3 is 24.8 Å². The van der Waals surface area contributed by atoms with Crippen molar-refractivity contribution >= 4 is 5.96 Å². The lowest BCUT2D eigenvalue weighted by molar-refractivity contribution is 0.184. The minimum absolute atomic E-state index is 0.600. The monoisotopic (exact) mass is 371 g/mol. The summed E-state index contributed by atoms with van der Waals surface area (Å²) < 4.78 is 15.9. The fraction of sp³-hybridized carbons (Fsp3) is 0.381. The topological polar surface area (TPSA) is 64.1 Å². The highest BCUT2D eigenvalue weighted by Gasteiger charge is 2.06. The maximum atomic E-state index is 5.35. The summed E-state index contributed by atoms with van der Waals surface area (Å²) in [6.07, 6.45) is 0.849. The highest BCUT2D eigenvalue weighted by atomic mass is 16.5. The summed E-state index contributed by atoms with van der Waals surface area (Å²) >= 11 is 0. The van der Waals surface area contributed by atoms with Gasteiger partial charge in [-0.1, -0.05) is 30.3 Å². The standard InChI is InChI=1S/C21H29N3O3/c1-22-21(24-14-17-7-5-6-8-18(17)15-25-2)23-12-11-16-9-10-19(26-3)20(13-16)27-4/h5-10,13H,11-12,14-15H2,1-4H3,(H2,22,23,24). The van der Waals surface area contributed by atoms with E-state index in [1.807, 2.05) is 30.3 Å². The number of nitrogens with one attached hydrogen (secondary N) is 2. The molecule has 146 valence electrons. The minimum Gasteiger partial charge on any atom is -0.493 e. The van der Waals surface area contributed by atoms with E-state index in [-0.39, 0.29) is 0 Å². The number of hydrogen-bond acceptors (Lipinski definition) is 4. The molecule has 0 radical (unpaired) electrons. The minimum atomic E-state index is 0.600. The van der Waals surface area contributed by atoms with Gasteiger partial charge in [0.2, 0.25) is 0 Å². The van der Waals surface area contributed by atoms with Gasteiger partial charge in [-0.25, -0.2) is 0 Å². The third kappa shape index (κ3) is 6.18. The molecule has 0 aromatic heterocycles. The number of methoxy groups -OCH3 is 3. The van der Waals surface area contributed by atoms with Gasteiger partial charge in [0.15, 0.2) is 17.5 Å². The molecule has 0 aliphatic carbocycles. The van der Waals surface area contributed by atoms with E-state index in [1.54, 1.807) is 28.4 Å². The summed E-state index contributed by atoms with van der Waals surface area (Å²) in [4.78, 5) is 4.29. The van der Waals surface area contributed by atoms with Gasteiger partial charge in [0.25, 0.3) is 0 Å². The smallest absolute Gasteiger partial charge is 0.191 e. The van der Waals surface area contributed by atoms with Crippen LogP contribution in [0, 0.1) is 0 Å². The first kappa shape index (κ1) is 20.6. The molecule has 2 aromatic carbocycles. The van der Waals surface area contributed by atoms with Gasteiger partial charge in [0.1, 0.15) is 0 Å². The molecule has 2 rings (SSSR count). The molecule has 2 N–H and O–H groups in total. The first-order chi connectivity index (χ1) is 13.2. The van der Waals surface area contributed by atoms with Crippen molar-refractivity contribution in [3.8, 4) is 11.5 Å². The maximum Gasteiger partial charge on any atom is 0.191 e. The molecule has 0 spiro atoms. The van der Waals surface area contributed by atoms with Crippen LogP contribution in [0.15, 0.2) is 47.5 Å². The molecule has 0 unspecified atom stereocenters. The Morgan fingerprint density at radius 3 is 2.33 bits per heavy atom. The zero-order valence-electron chi connectivity index (χ0n) is 16.5. The first-order valence-corrected chi connectivity index (χ1v) is 8.93. The molecule has 0 atom stereocenters. The van der Waals surface area contributed by atoms with Crippen LogP contribution in [0.2, 0.25) is 0 Å². The lowest BCUT2D eigenvalue weighted by Gasteiger charge is -2.14. The van der Waals surface area contributed by atoms with Gasteiger partial charge in [-0.05, 0) is 35.2 Å². The Hall–Kier alpha value is -2.73. The van der Waals surface area contributed by atoms with Gasteiger partial charge in [0, 0.05) is 27.2 Å². The number of nitrogens with zero attached hydrogens (tertiary/aromatic N) is 1. The number of benzene rings is 2. The van der Waals surface area contributed by atoms with E-state index >= 15 is 0 Å². The lowest BCUT2D eigenvalue weighted by Crippen LogP contribution is -2.38. The van der Waals surface area contributed by atoms with E-state index in [2.05, 4.69) is 27.8 Å². The van der Waals surface area contributed by atoms with E-state index in [9.17, 15) is 0 Å². The maximum absolute atomic E-state index is 5.35. The van der Waals surface area contributed by atoms with E-state index in [4.69, 9.17) is 14.2 Å². The zero-order valence-corrected chi connectivity index (χ0v) is 16.5. The van der Waals surface area contributed by atoms with Crippen molar-refractivity contribution in [2.24, 2.45) is 4.99 Å². The van der Waals surface area contributed by atoms with Gasteiger partial charge in [-0.15, -0.1) is 0 Å². The molecule has 0 amide bonds. The quantitative estimate of drug-likeness (QED) is 0.524. The molecule has 6 nitrogen and oxygen atoms in total. The van der Waals surface area contributed by atoms with Crippen molar-refractivity contribution in [2.45, 2.75) is 19.6 Å². The summed E-state index contributed by atoms with van der Waals surface area (Å²) in [5.41, 5.74) is 3.54. The fourth-order valence-corrected chi connectivity index (χ4v) is 2.79. The Bertz CT molecular complexity index is 747. The summed E-state index contributed by atoms with van der Waals surface area (Å²) in [6.45, 7) is 2.05.